The number of ether oxygens (including phenoxy) is 1. The highest BCUT2D eigenvalue weighted by Crippen LogP contribution is 2.12. The molecule has 4 heteroatoms. The largest absolute Gasteiger partial charge is 0.380 e. The molecule has 1 aromatic rings. The molecule has 0 aliphatic heterocycles. The Morgan fingerprint density at radius 1 is 1.32 bits per heavy atom. The standard InChI is InChI=1S/C15H24N2O2/c1-4-15(16,5-2)11-17-14(18)13-9-7-6-8-12(13)10-19-3/h6-9H,4-5,10-11,16H2,1-3H3,(H,17,18). The van der Waals surface area contributed by atoms with Gasteiger partial charge in [-0.05, 0) is 24.5 Å². The Morgan fingerprint density at radius 3 is 2.53 bits per heavy atom. The summed E-state index contributed by atoms with van der Waals surface area (Å²) in [6.07, 6.45) is 1.67. The van der Waals surface area contributed by atoms with Crippen LogP contribution in [-0.2, 0) is 11.3 Å². The zero-order valence-electron chi connectivity index (χ0n) is 12.0. The molecule has 3 N–H and O–H groups in total. The van der Waals surface area contributed by atoms with Crippen molar-refractivity contribution in [3.8, 4) is 0 Å². The minimum absolute atomic E-state index is 0.0932. The third-order valence-electron chi connectivity index (χ3n) is 3.57. The number of nitrogens with two attached hydrogens (primary N) is 1. The lowest BCUT2D eigenvalue weighted by molar-refractivity contribution is 0.0937. The Hall–Kier alpha value is -1.39. The van der Waals surface area contributed by atoms with E-state index in [2.05, 4.69) is 5.32 Å². The molecule has 4 nitrogen and oxygen atoms in total. The number of hydrogen-bond donors (Lipinski definition) is 2. The van der Waals surface area contributed by atoms with Gasteiger partial charge in [-0.1, -0.05) is 32.0 Å². The van der Waals surface area contributed by atoms with Crippen molar-refractivity contribution in [2.75, 3.05) is 13.7 Å². The maximum Gasteiger partial charge on any atom is 0.251 e. The molecule has 0 saturated heterocycles. The predicted octanol–water partition coefficient (Wildman–Crippen LogP) is 2.08. The van der Waals surface area contributed by atoms with Gasteiger partial charge in [0.1, 0.15) is 0 Å². The van der Waals surface area contributed by atoms with Gasteiger partial charge in [-0.25, -0.2) is 0 Å². The van der Waals surface area contributed by atoms with Crippen molar-refractivity contribution in [2.24, 2.45) is 5.73 Å². The zero-order valence-corrected chi connectivity index (χ0v) is 12.0. The summed E-state index contributed by atoms with van der Waals surface area (Å²) in [5.41, 5.74) is 7.39. The molecule has 1 rings (SSSR count). The van der Waals surface area contributed by atoms with Gasteiger partial charge in [0.15, 0.2) is 0 Å². The Morgan fingerprint density at radius 2 is 1.95 bits per heavy atom. The van der Waals surface area contributed by atoms with E-state index < -0.39 is 0 Å². The summed E-state index contributed by atoms with van der Waals surface area (Å²) in [7, 11) is 1.62. The maximum atomic E-state index is 12.2. The summed E-state index contributed by atoms with van der Waals surface area (Å²) < 4.78 is 5.10. The molecule has 0 saturated carbocycles. The van der Waals surface area contributed by atoms with E-state index in [9.17, 15) is 4.79 Å². The van der Waals surface area contributed by atoms with Crippen LogP contribution in [0.15, 0.2) is 24.3 Å². The summed E-state index contributed by atoms with van der Waals surface area (Å²) in [6.45, 7) is 4.99. The van der Waals surface area contributed by atoms with Crippen LogP contribution in [-0.4, -0.2) is 25.1 Å². The number of hydrogen-bond acceptors (Lipinski definition) is 3. The van der Waals surface area contributed by atoms with Crippen LogP contribution in [0.3, 0.4) is 0 Å². The molecular weight excluding hydrogens is 240 g/mol. The number of carbonyl (C=O) groups excluding carboxylic acids is 1. The molecule has 0 heterocycles. The monoisotopic (exact) mass is 264 g/mol. The van der Waals surface area contributed by atoms with Crippen LogP contribution in [0.25, 0.3) is 0 Å². The van der Waals surface area contributed by atoms with Crippen LogP contribution in [0.4, 0.5) is 0 Å². The van der Waals surface area contributed by atoms with Gasteiger partial charge in [0.2, 0.25) is 0 Å². The van der Waals surface area contributed by atoms with E-state index in [-0.39, 0.29) is 11.4 Å². The van der Waals surface area contributed by atoms with Crippen LogP contribution < -0.4 is 11.1 Å². The van der Waals surface area contributed by atoms with Gasteiger partial charge in [0.25, 0.3) is 5.91 Å². The first-order valence-electron chi connectivity index (χ1n) is 6.70. The average molecular weight is 264 g/mol. The third-order valence-corrected chi connectivity index (χ3v) is 3.57. The van der Waals surface area contributed by atoms with E-state index in [1.165, 1.54) is 0 Å². The maximum absolute atomic E-state index is 12.2. The SMILES string of the molecule is CCC(N)(CC)CNC(=O)c1ccccc1COC. The fourth-order valence-electron chi connectivity index (χ4n) is 1.87. The number of benzene rings is 1. The van der Waals surface area contributed by atoms with E-state index in [1.54, 1.807) is 13.2 Å². The second-order valence-corrected chi connectivity index (χ2v) is 4.84. The van der Waals surface area contributed by atoms with Crippen molar-refractivity contribution in [1.82, 2.24) is 5.32 Å². The van der Waals surface area contributed by atoms with Gasteiger partial charge in [0, 0.05) is 24.8 Å². The number of nitrogens with one attached hydrogen (secondary N) is 1. The number of carbonyl (C=O) groups is 1. The molecular formula is C15H24N2O2. The van der Waals surface area contributed by atoms with E-state index in [0.29, 0.717) is 18.7 Å². The van der Waals surface area contributed by atoms with Gasteiger partial charge in [0.05, 0.1) is 6.61 Å². The van der Waals surface area contributed by atoms with Crippen LogP contribution in [0.2, 0.25) is 0 Å². The Kier molecular flexibility index (Phi) is 5.99. The molecule has 0 fully saturated rings. The molecule has 0 aliphatic carbocycles. The number of rotatable bonds is 7. The lowest BCUT2D eigenvalue weighted by Crippen LogP contribution is -2.49. The molecule has 0 aliphatic rings. The summed E-state index contributed by atoms with van der Waals surface area (Å²) in [5.74, 6) is -0.0932. The summed E-state index contributed by atoms with van der Waals surface area (Å²) in [5, 5.41) is 2.92. The first-order chi connectivity index (χ1) is 9.06. The first-order valence-corrected chi connectivity index (χ1v) is 6.70. The Bertz CT molecular complexity index is 414. The van der Waals surface area contributed by atoms with Crippen molar-refractivity contribution < 1.29 is 9.53 Å². The Balaban J connectivity index is 2.73. The van der Waals surface area contributed by atoms with Gasteiger partial charge >= 0.3 is 0 Å². The number of amides is 1. The first kappa shape index (κ1) is 15.7. The number of methoxy groups -OCH3 is 1. The van der Waals surface area contributed by atoms with Crippen LogP contribution in [0.5, 0.6) is 0 Å². The molecule has 19 heavy (non-hydrogen) atoms. The molecule has 0 radical (unpaired) electrons. The molecule has 0 aromatic heterocycles. The van der Waals surface area contributed by atoms with Gasteiger partial charge in [-0.3, -0.25) is 4.79 Å². The lowest BCUT2D eigenvalue weighted by Gasteiger charge is -2.27. The van der Waals surface area contributed by atoms with Crippen molar-refractivity contribution in [1.29, 1.82) is 0 Å². The summed E-state index contributed by atoms with van der Waals surface area (Å²) >= 11 is 0. The minimum Gasteiger partial charge on any atom is -0.380 e. The van der Waals surface area contributed by atoms with E-state index >= 15 is 0 Å². The highest BCUT2D eigenvalue weighted by Gasteiger charge is 2.21. The molecule has 0 atom stereocenters. The molecule has 106 valence electrons. The second kappa shape index (κ2) is 7.26. The van der Waals surface area contributed by atoms with Gasteiger partial charge in [-0.15, -0.1) is 0 Å². The normalized spacial score (nSPS) is 11.4. The zero-order chi connectivity index (χ0) is 14.3. The second-order valence-electron chi connectivity index (χ2n) is 4.84. The van der Waals surface area contributed by atoms with Crippen molar-refractivity contribution in [3.63, 3.8) is 0 Å². The molecule has 0 bridgehead atoms. The fourth-order valence-corrected chi connectivity index (χ4v) is 1.87. The third kappa shape index (κ3) is 4.33. The minimum atomic E-state index is -0.328. The summed E-state index contributed by atoms with van der Waals surface area (Å²) in [6, 6.07) is 7.45. The quantitative estimate of drug-likeness (QED) is 0.792. The predicted molar refractivity (Wildman–Crippen MR) is 77.0 cm³/mol. The van der Waals surface area contributed by atoms with Crippen LogP contribution in [0, 0.1) is 0 Å². The van der Waals surface area contributed by atoms with Gasteiger partial charge < -0.3 is 15.8 Å². The smallest absolute Gasteiger partial charge is 0.251 e. The molecule has 1 amide bonds. The van der Waals surface area contributed by atoms with Crippen molar-refractivity contribution >= 4 is 5.91 Å². The van der Waals surface area contributed by atoms with Crippen molar-refractivity contribution in [2.45, 2.75) is 38.8 Å². The average Bonchev–Trinajstić information content (AvgIpc) is 2.45. The lowest BCUT2D eigenvalue weighted by atomic mass is 9.94. The highest BCUT2D eigenvalue weighted by molar-refractivity contribution is 5.95. The molecule has 0 unspecified atom stereocenters. The molecule has 0 spiro atoms. The fraction of sp³-hybridized carbons (Fsp3) is 0.533. The van der Waals surface area contributed by atoms with Crippen molar-refractivity contribution in [3.05, 3.63) is 35.4 Å². The van der Waals surface area contributed by atoms with Crippen LogP contribution >= 0.6 is 0 Å². The van der Waals surface area contributed by atoms with Crippen LogP contribution in [0.1, 0.15) is 42.6 Å². The topological polar surface area (TPSA) is 64.3 Å². The van der Waals surface area contributed by atoms with E-state index in [0.717, 1.165) is 18.4 Å². The van der Waals surface area contributed by atoms with Gasteiger partial charge in [-0.2, -0.15) is 0 Å². The van der Waals surface area contributed by atoms with E-state index in [1.807, 2.05) is 32.0 Å². The Labute approximate surface area is 115 Å². The highest BCUT2D eigenvalue weighted by atomic mass is 16.5. The molecule has 1 aromatic carbocycles. The summed E-state index contributed by atoms with van der Waals surface area (Å²) in [4.78, 5) is 12.2. The van der Waals surface area contributed by atoms with E-state index in [4.69, 9.17) is 10.5 Å².